The predicted molar refractivity (Wildman–Crippen MR) is 147 cm³/mol. The summed E-state index contributed by atoms with van der Waals surface area (Å²) in [6.45, 7) is 2.65. The number of hydrazone groups is 1. The summed E-state index contributed by atoms with van der Waals surface area (Å²) >= 11 is 9.79. The van der Waals surface area contributed by atoms with E-state index in [1.165, 1.54) is 13.3 Å². The van der Waals surface area contributed by atoms with Crippen LogP contribution in [-0.4, -0.2) is 25.8 Å². The maximum atomic E-state index is 12.8. The number of halogens is 2. The summed E-state index contributed by atoms with van der Waals surface area (Å²) in [6, 6.07) is 22.5. The van der Waals surface area contributed by atoms with Crippen LogP contribution in [-0.2, 0) is 6.61 Å². The van der Waals surface area contributed by atoms with Crippen molar-refractivity contribution >= 4 is 50.4 Å². The molecule has 0 aliphatic heterocycles. The van der Waals surface area contributed by atoms with Crippen LogP contribution in [0.1, 0.15) is 28.4 Å². The fourth-order valence-electron chi connectivity index (χ4n) is 3.59. The number of nitrogens with one attached hydrogen (secondary N) is 1. The lowest BCUT2D eigenvalue weighted by Gasteiger charge is -2.14. The van der Waals surface area contributed by atoms with Gasteiger partial charge in [0.05, 0.1) is 25.5 Å². The summed E-state index contributed by atoms with van der Waals surface area (Å²) in [5.74, 6) is 1.21. The quantitative estimate of drug-likeness (QED) is 0.175. The van der Waals surface area contributed by atoms with Crippen LogP contribution in [0.25, 0.3) is 10.8 Å². The van der Waals surface area contributed by atoms with Crippen LogP contribution in [0.15, 0.2) is 82.4 Å². The zero-order valence-corrected chi connectivity index (χ0v) is 22.1. The molecule has 0 saturated carbocycles. The van der Waals surface area contributed by atoms with Crippen molar-refractivity contribution in [2.45, 2.75) is 13.5 Å². The zero-order chi connectivity index (χ0) is 25.5. The Hall–Kier alpha value is -3.55. The molecule has 0 aliphatic carbocycles. The van der Waals surface area contributed by atoms with Crippen LogP contribution in [0, 0.1) is 0 Å². The number of hydrogen-bond acceptors (Lipinski definition) is 5. The van der Waals surface area contributed by atoms with Crippen LogP contribution in [0.4, 0.5) is 0 Å². The molecule has 4 aromatic rings. The fraction of sp³-hybridized carbons (Fsp3) is 0.143. The summed E-state index contributed by atoms with van der Waals surface area (Å²) < 4.78 is 17.9. The normalized spacial score (nSPS) is 11.0. The number of benzene rings is 4. The van der Waals surface area contributed by atoms with E-state index >= 15 is 0 Å². The minimum Gasteiger partial charge on any atom is -0.496 e. The second-order valence-corrected chi connectivity index (χ2v) is 8.99. The van der Waals surface area contributed by atoms with Gasteiger partial charge in [0.25, 0.3) is 5.91 Å². The Labute approximate surface area is 223 Å². The van der Waals surface area contributed by atoms with E-state index in [9.17, 15) is 4.79 Å². The third-order valence-electron chi connectivity index (χ3n) is 5.39. The first-order valence-electron chi connectivity index (χ1n) is 11.2. The SMILES string of the molecule is CCOc1cc(/C=N\NC(=O)c2cc3ccccc3cc2OC)c(Br)cc1OCc1ccccc1Cl. The maximum absolute atomic E-state index is 12.8. The number of rotatable bonds is 9. The summed E-state index contributed by atoms with van der Waals surface area (Å²) in [6.07, 6.45) is 1.54. The van der Waals surface area contributed by atoms with Crippen LogP contribution in [0.2, 0.25) is 5.02 Å². The molecule has 184 valence electrons. The molecule has 0 aromatic heterocycles. The van der Waals surface area contributed by atoms with E-state index in [4.69, 9.17) is 25.8 Å². The molecule has 0 spiro atoms. The molecule has 1 N–H and O–H groups in total. The average molecular weight is 568 g/mol. The molecule has 0 radical (unpaired) electrons. The van der Waals surface area contributed by atoms with E-state index in [-0.39, 0.29) is 5.91 Å². The van der Waals surface area contributed by atoms with Gasteiger partial charge in [0.15, 0.2) is 11.5 Å². The highest BCUT2D eigenvalue weighted by molar-refractivity contribution is 9.10. The second kappa shape index (κ2) is 11.9. The third-order valence-corrected chi connectivity index (χ3v) is 6.44. The Morgan fingerprint density at radius 2 is 1.67 bits per heavy atom. The molecule has 0 atom stereocenters. The van der Waals surface area contributed by atoms with E-state index in [0.717, 1.165) is 20.8 Å². The highest BCUT2D eigenvalue weighted by atomic mass is 79.9. The predicted octanol–water partition coefficient (Wildman–Crippen LogP) is 7.01. The molecule has 8 heteroatoms. The average Bonchev–Trinajstić information content (AvgIpc) is 2.89. The van der Waals surface area contributed by atoms with Gasteiger partial charge in [0.1, 0.15) is 12.4 Å². The van der Waals surface area contributed by atoms with Crippen molar-refractivity contribution in [3.05, 3.63) is 99.0 Å². The number of carbonyl (C=O) groups is 1. The molecule has 6 nitrogen and oxygen atoms in total. The van der Waals surface area contributed by atoms with Crippen LogP contribution in [0.3, 0.4) is 0 Å². The summed E-state index contributed by atoms with van der Waals surface area (Å²) in [7, 11) is 1.53. The smallest absolute Gasteiger partial charge is 0.275 e. The van der Waals surface area contributed by atoms with E-state index in [1.54, 1.807) is 18.2 Å². The van der Waals surface area contributed by atoms with Crippen molar-refractivity contribution in [2.75, 3.05) is 13.7 Å². The number of amides is 1. The number of carbonyl (C=O) groups excluding carboxylic acids is 1. The van der Waals surface area contributed by atoms with Crippen molar-refractivity contribution in [3.8, 4) is 17.2 Å². The lowest BCUT2D eigenvalue weighted by atomic mass is 10.1. The highest BCUT2D eigenvalue weighted by Gasteiger charge is 2.14. The minimum atomic E-state index is -0.380. The van der Waals surface area contributed by atoms with Crippen LogP contribution >= 0.6 is 27.5 Å². The topological polar surface area (TPSA) is 69.2 Å². The maximum Gasteiger partial charge on any atom is 0.275 e. The van der Waals surface area contributed by atoms with Crippen molar-refractivity contribution in [1.82, 2.24) is 5.43 Å². The lowest BCUT2D eigenvalue weighted by Crippen LogP contribution is -2.18. The van der Waals surface area contributed by atoms with Crippen LogP contribution in [0.5, 0.6) is 17.2 Å². The number of hydrogen-bond donors (Lipinski definition) is 1. The van der Waals surface area contributed by atoms with Gasteiger partial charge in [0, 0.05) is 20.6 Å². The number of methoxy groups -OCH3 is 1. The zero-order valence-electron chi connectivity index (χ0n) is 19.8. The van der Waals surface area contributed by atoms with Gasteiger partial charge in [-0.25, -0.2) is 5.43 Å². The standard InChI is InChI=1S/C28H24BrClN2O4/c1-3-35-26-14-21(23(29)15-27(26)36-17-20-10-6-7-11-24(20)30)16-31-32-28(33)22-12-18-8-4-5-9-19(18)13-25(22)34-2/h4-16H,3,17H2,1-2H3,(H,32,33)/b31-16-. The van der Waals surface area contributed by atoms with Gasteiger partial charge in [-0.3, -0.25) is 4.79 Å². The molecular weight excluding hydrogens is 544 g/mol. The molecular formula is C28H24BrClN2O4. The van der Waals surface area contributed by atoms with Gasteiger partial charge >= 0.3 is 0 Å². The van der Waals surface area contributed by atoms with Crippen molar-refractivity contribution in [2.24, 2.45) is 5.10 Å². The number of ether oxygens (including phenoxy) is 3. The van der Waals surface area contributed by atoms with Crippen molar-refractivity contribution in [1.29, 1.82) is 0 Å². The number of nitrogens with zero attached hydrogens (tertiary/aromatic N) is 1. The third kappa shape index (κ3) is 5.98. The Morgan fingerprint density at radius 1 is 0.972 bits per heavy atom. The first kappa shape index (κ1) is 25.5. The van der Waals surface area contributed by atoms with Gasteiger partial charge in [0.2, 0.25) is 0 Å². The largest absolute Gasteiger partial charge is 0.496 e. The molecule has 0 heterocycles. The van der Waals surface area contributed by atoms with Crippen LogP contribution < -0.4 is 19.6 Å². The summed E-state index contributed by atoms with van der Waals surface area (Å²) in [5, 5.41) is 6.70. The molecule has 0 aliphatic rings. The van der Waals surface area contributed by atoms with E-state index in [1.807, 2.05) is 61.5 Å². The molecule has 4 aromatic carbocycles. The first-order chi connectivity index (χ1) is 17.5. The Balaban J connectivity index is 1.51. The molecule has 0 saturated heterocycles. The Morgan fingerprint density at radius 3 is 2.39 bits per heavy atom. The van der Waals surface area contributed by atoms with Crippen molar-refractivity contribution in [3.63, 3.8) is 0 Å². The lowest BCUT2D eigenvalue weighted by molar-refractivity contribution is 0.0952. The van der Waals surface area contributed by atoms with E-state index in [2.05, 4.69) is 26.5 Å². The van der Waals surface area contributed by atoms with Gasteiger partial charge in [-0.1, -0.05) is 54.1 Å². The Bertz CT molecular complexity index is 1420. The molecule has 0 unspecified atom stereocenters. The van der Waals surface area contributed by atoms with E-state index < -0.39 is 0 Å². The first-order valence-corrected chi connectivity index (χ1v) is 12.4. The minimum absolute atomic E-state index is 0.295. The van der Waals surface area contributed by atoms with Crippen molar-refractivity contribution < 1.29 is 19.0 Å². The number of fused-ring (bicyclic) bond motifs is 1. The van der Waals surface area contributed by atoms with Gasteiger partial charge in [-0.15, -0.1) is 0 Å². The monoisotopic (exact) mass is 566 g/mol. The molecule has 1 amide bonds. The van der Waals surface area contributed by atoms with Gasteiger partial charge < -0.3 is 14.2 Å². The highest BCUT2D eigenvalue weighted by Crippen LogP contribution is 2.34. The van der Waals surface area contributed by atoms with E-state index in [0.29, 0.717) is 46.6 Å². The fourth-order valence-corrected chi connectivity index (χ4v) is 4.20. The summed E-state index contributed by atoms with van der Waals surface area (Å²) in [4.78, 5) is 12.8. The van der Waals surface area contributed by atoms with Gasteiger partial charge in [-0.05, 0) is 64.0 Å². The second-order valence-electron chi connectivity index (χ2n) is 7.73. The molecule has 0 bridgehead atoms. The summed E-state index contributed by atoms with van der Waals surface area (Å²) in [5.41, 5.74) is 4.54. The molecule has 0 fully saturated rings. The Kier molecular flexibility index (Phi) is 8.46. The molecule has 4 rings (SSSR count). The van der Waals surface area contributed by atoms with Gasteiger partial charge in [-0.2, -0.15) is 5.10 Å². The molecule has 36 heavy (non-hydrogen) atoms.